The van der Waals surface area contributed by atoms with Crippen LogP contribution in [-0.2, 0) is 20.6 Å². The summed E-state index contributed by atoms with van der Waals surface area (Å²) in [5.41, 5.74) is 1.64. The van der Waals surface area contributed by atoms with E-state index in [1.165, 1.54) is 7.05 Å². The summed E-state index contributed by atoms with van der Waals surface area (Å²) < 4.78 is 25.7. The van der Waals surface area contributed by atoms with Gasteiger partial charge in [-0.25, -0.2) is 8.42 Å². The van der Waals surface area contributed by atoms with Gasteiger partial charge in [0, 0.05) is 12.7 Å². The summed E-state index contributed by atoms with van der Waals surface area (Å²) in [5.74, 6) is -0.638. The summed E-state index contributed by atoms with van der Waals surface area (Å²) in [7, 11) is -2.27. The summed E-state index contributed by atoms with van der Waals surface area (Å²) in [4.78, 5) is 12.0. The van der Waals surface area contributed by atoms with Gasteiger partial charge in [-0.2, -0.15) is 9.57 Å². The average molecular weight is 343 g/mol. The van der Waals surface area contributed by atoms with E-state index < -0.39 is 15.9 Å². The molecule has 24 heavy (non-hydrogen) atoms. The van der Waals surface area contributed by atoms with Crippen LogP contribution in [0, 0.1) is 11.3 Å². The maximum absolute atomic E-state index is 12.3. The zero-order chi connectivity index (χ0) is 17.6. The predicted octanol–water partition coefficient (Wildman–Crippen LogP) is 1.96. The largest absolute Gasteiger partial charge is 0.325 e. The maximum atomic E-state index is 12.3. The molecule has 2 aromatic carbocycles. The minimum absolute atomic E-state index is 0.228. The standard InChI is InChI=1S/C17H17N3O3S/c1-20(12-17(21)19-16-5-3-2-4-6-16)24(22,23)13-15-9-7-14(11-18)8-10-15/h2-10H,12-13H2,1H3,(H,19,21). The van der Waals surface area contributed by atoms with E-state index in [0.29, 0.717) is 16.8 Å². The Morgan fingerprint density at radius 2 is 1.75 bits per heavy atom. The van der Waals surface area contributed by atoms with Crippen LogP contribution < -0.4 is 5.32 Å². The molecule has 7 heteroatoms. The molecule has 0 spiro atoms. The van der Waals surface area contributed by atoms with Crippen molar-refractivity contribution in [3.63, 3.8) is 0 Å². The maximum Gasteiger partial charge on any atom is 0.239 e. The third-order valence-corrected chi connectivity index (χ3v) is 5.11. The zero-order valence-electron chi connectivity index (χ0n) is 13.1. The molecule has 2 aromatic rings. The fourth-order valence-corrected chi connectivity index (χ4v) is 3.17. The molecule has 0 fully saturated rings. The van der Waals surface area contributed by atoms with Gasteiger partial charge in [0.05, 0.1) is 23.9 Å². The summed E-state index contributed by atoms with van der Waals surface area (Å²) in [5, 5.41) is 11.4. The number of sulfonamides is 1. The molecule has 0 saturated heterocycles. The van der Waals surface area contributed by atoms with Gasteiger partial charge in [0.2, 0.25) is 15.9 Å². The smallest absolute Gasteiger partial charge is 0.239 e. The van der Waals surface area contributed by atoms with E-state index in [1.807, 2.05) is 12.1 Å². The molecule has 1 amide bonds. The van der Waals surface area contributed by atoms with Gasteiger partial charge in [-0.3, -0.25) is 4.79 Å². The summed E-state index contributed by atoms with van der Waals surface area (Å²) in [6.45, 7) is -0.270. The minimum Gasteiger partial charge on any atom is -0.325 e. The molecule has 0 aromatic heterocycles. The number of nitriles is 1. The monoisotopic (exact) mass is 343 g/mol. The van der Waals surface area contributed by atoms with Gasteiger partial charge < -0.3 is 5.32 Å². The number of hydrogen-bond donors (Lipinski definition) is 1. The number of likely N-dealkylation sites (N-methyl/N-ethyl adjacent to an activating group) is 1. The number of hydrogen-bond acceptors (Lipinski definition) is 4. The van der Waals surface area contributed by atoms with E-state index in [9.17, 15) is 13.2 Å². The lowest BCUT2D eigenvalue weighted by Gasteiger charge is -2.17. The van der Waals surface area contributed by atoms with Crippen LogP contribution in [0.1, 0.15) is 11.1 Å². The second-order valence-electron chi connectivity index (χ2n) is 5.24. The second-order valence-corrected chi connectivity index (χ2v) is 7.31. The minimum atomic E-state index is -3.63. The van der Waals surface area contributed by atoms with Crippen LogP contribution in [0.2, 0.25) is 0 Å². The van der Waals surface area contributed by atoms with Crippen molar-refractivity contribution in [3.05, 3.63) is 65.7 Å². The van der Waals surface area contributed by atoms with Crippen LogP contribution in [0.5, 0.6) is 0 Å². The van der Waals surface area contributed by atoms with Crippen molar-refractivity contribution in [1.82, 2.24) is 4.31 Å². The van der Waals surface area contributed by atoms with E-state index in [-0.39, 0.29) is 12.3 Å². The lowest BCUT2D eigenvalue weighted by molar-refractivity contribution is -0.116. The summed E-state index contributed by atoms with van der Waals surface area (Å²) >= 11 is 0. The Bertz CT molecular complexity index is 841. The lowest BCUT2D eigenvalue weighted by atomic mass is 10.2. The van der Waals surface area contributed by atoms with Crippen molar-refractivity contribution in [2.45, 2.75) is 5.75 Å². The SMILES string of the molecule is CN(CC(=O)Nc1ccccc1)S(=O)(=O)Cc1ccc(C#N)cc1. The van der Waals surface area contributed by atoms with E-state index in [0.717, 1.165) is 4.31 Å². The van der Waals surface area contributed by atoms with Crippen molar-refractivity contribution >= 4 is 21.6 Å². The Kier molecular flexibility index (Phi) is 5.68. The van der Waals surface area contributed by atoms with Crippen molar-refractivity contribution in [2.24, 2.45) is 0 Å². The Morgan fingerprint density at radius 3 is 2.33 bits per heavy atom. The predicted molar refractivity (Wildman–Crippen MR) is 91.5 cm³/mol. The number of nitrogens with zero attached hydrogens (tertiary/aromatic N) is 2. The van der Waals surface area contributed by atoms with Crippen molar-refractivity contribution in [2.75, 3.05) is 18.9 Å². The first-order valence-electron chi connectivity index (χ1n) is 7.18. The van der Waals surface area contributed by atoms with Gasteiger partial charge in [-0.1, -0.05) is 30.3 Å². The van der Waals surface area contributed by atoms with Gasteiger partial charge in [0.15, 0.2) is 0 Å². The van der Waals surface area contributed by atoms with Gasteiger partial charge in [0.1, 0.15) is 0 Å². The molecule has 0 heterocycles. The number of amides is 1. The highest BCUT2D eigenvalue weighted by molar-refractivity contribution is 7.88. The van der Waals surface area contributed by atoms with E-state index in [4.69, 9.17) is 5.26 Å². The first-order chi connectivity index (χ1) is 11.4. The van der Waals surface area contributed by atoms with Gasteiger partial charge >= 0.3 is 0 Å². The number of anilines is 1. The highest BCUT2D eigenvalue weighted by Crippen LogP contribution is 2.11. The lowest BCUT2D eigenvalue weighted by Crippen LogP contribution is -2.35. The Labute approximate surface area is 141 Å². The average Bonchev–Trinajstić information content (AvgIpc) is 2.56. The molecule has 124 valence electrons. The van der Waals surface area contributed by atoms with Gasteiger partial charge in [-0.05, 0) is 29.8 Å². The Balaban J connectivity index is 1.97. The van der Waals surface area contributed by atoms with Crippen LogP contribution >= 0.6 is 0 Å². The molecule has 2 rings (SSSR count). The molecular weight excluding hydrogens is 326 g/mol. The van der Waals surface area contributed by atoms with Gasteiger partial charge in [0.25, 0.3) is 0 Å². The fourth-order valence-electron chi connectivity index (χ4n) is 2.02. The third-order valence-electron chi connectivity index (χ3n) is 3.33. The van der Waals surface area contributed by atoms with Crippen LogP contribution in [0.25, 0.3) is 0 Å². The zero-order valence-corrected chi connectivity index (χ0v) is 14.0. The summed E-state index contributed by atoms with van der Waals surface area (Å²) in [6.07, 6.45) is 0. The Hall–Kier alpha value is -2.69. The molecule has 0 aliphatic carbocycles. The van der Waals surface area contributed by atoms with Crippen LogP contribution in [-0.4, -0.2) is 32.2 Å². The molecule has 0 aliphatic heterocycles. The van der Waals surface area contributed by atoms with Crippen LogP contribution in [0.15, 0.2) is 54.6 Å². The summed E-state index contributed by atoms with van der Waals surface area (Å²) in [6, 6.07) is 17.1. The van der Waals surface area contributed by atoms with Crippen molar-refractivity contribution in [1.29, 1.82) is 5.26 Å². The number of carbonyl (C=O) groups is 1. The molecule has 1 N–H and O–H groups in total. The van der Waals surface area contributed by atoms with Crippen LogP contribution in [0.4, 0.5) is 5.69 Å². The second kappa shape index (κ2) is 7.73. The number of rotatable bonds is 6. The highest BCUT2D eigenvalue weighted by Gasteiger charge is 2.21. The molecule has 6 nitrogen and oxygen atoms in total. The Morgan fingerprint density at radius 1 is 1.12 bits per heavy atom. The normalized spacial score (nSPS) is 11.0. The molecule has 0 bridgehead atoms. The first-order valence-corrected chi connectivity index (χ1v) is 8.79. The number of para-hydroxylation sites is 1. The van der Waals surface area contributed by atoms with E-state index >= 15 is 0 Å². The molecule has 0 unspecified atom stereocenters. The third kappa shape index (κ3) is 4.91. The first kappa shape index (κ1) is 17.7. The molecule has 0 atom stereocenters. The van der Waals surface area contributed by atoms with E-state index in [2.05, 4.69) is 5.32 Å². The molecular formula is C17H17N3O3S. The van der Waals surface area contributed by atoms with Crippen molar-refractivity contribution in [3.8, 4) is 6.07 Å². The quantitative estimate of drug-likeness (QED) is 0.868. The topological polar surface area (TPSA) is 90.3 Å². The highest BCUT2D eigenvalue weighted by atomic mass is 32.2. The molecule has 0 saturated carbocycles. The van der Waals surface area contributed by atoms with Gasteiger partial charge in [-0.15, -0.1) is 0 Å². The van der Waals surface area contributed by atoms with E-state index in [1.54, 1.807) is 48.5 Å². The number of benzene rings is 2. The molecule has 0 radical (unpaired) electrons. The number of carbonyl (C=O) groups excluding carboxylic acids is 1. The molecule has 0 aliphatic rings. The fraction of sp³-hybridized carbons (Fsp3) is 0.176. The number of nitrogens with one attached hydrogen (secondary N) is 1. The van der Waals surface area contributed by atoms with Crippen molar-refractivity contribution < 1.29 is 13.2 Å². The van der Waals surface area contributed by atoms with Crippen LogP contribution in [0.3, 0.4) is 0 Å².